The van der Waals surface area contributed by atoms with Crippen LogP contribution >= 0.6 is 0 Å². The zero-order chi connectivity index (χ0) is 18.0. The van der Waals surface area contributed by atoms with Crippen LogP contribution in [-0.2, 0) is 6.54 Å². The molecule has 3 aromatic rings. The Morgan fingerprint density at radius 3 is 2.68 bits per heavy atom. The molecule has 6 nitrogen and oxygen atoms in total. The number of nitrogens with one attached hydrogen (secondary N) is 2. The molecule has 0 atom stereocenters. The molecule has 0 saturated heterocycles. The van der Waals surface area contributed by atoms with E-state index in [-0.39, 0.29) is 11.4 Å². The normalized spacial score (nSPS) is 11.6. The second-order valence-corrected chi connectivity index (χ2v) is 6.34. The SMILES string of the molecule is Cc1nn(-c2ccc(F)cc2)c2[nH]c(=O)c(CNCCN(C)C)cc12. The van der Waals surface area contributed by atoms with Crippen LogP contribution in [0.3, 0.4) is 0 Å². The average molecular weight is 343 g/mol. The van der Waals surface area contributed by atoms with Crippen molar-refractivity contribution in [1.82, 2.24) is 25.0 Å². The van der Waals surface area contributed by atoms with Crippen LogP contribution < -0.4 is 10.9 Å². The van der Waals surface area contributed by atoms with Gasteiger partial charge in [-0.05, 0) is 51.4 Å². The fraction of sp³-hybridized carbons (Fsp3) is 0.333. The number of aryl methyl sites for hydroxylation is 1. The number of hydrogen-bond acceptors (Lipinski definition) is 4. The van der Waals surface area contributed by atoms with E-state index < -0.39 is 0 Å². The minimum Gasteiger partial charge on any atom is -0.311 e. The topological polar surface area (TPSA) is 66.0 Å². The molecule has 0 spiro atoms. The lowest BCUT2D eigenvalue weighted by atomic mass is 10.2. The Balaban J connectivity index is 1.92. The molecule has 0 radical (unpaired) electrons. The quantitative estimate of drug-likeness (QED) is 0.670. The highest BCUT2D eigenvalue weighted by atomic mass is 19.1. The van der Waals surface area contributed by atoms with Gasteiger partial charge in [0.25, 0.3) is 5.56 Å². The molecule has 2 N–H and O–H groups in total. The largest absolute Gasteiger partial charge is 0.311 e. The van der Waals surface area contributed by atoms with Crippen molar-refractivity contribution in [2.24, 2.45) is 0 Å². The Labute approximate surface area is 145 Å². The zero-order valence-corrected chi connectivity index (χ0v) is 14.6. The Hall–Kier alpha value is -2.51. The molecule has 0 aliphatic carbocycles. The van der Waals surface area contributed by atoms with Crippen LogP contribution in [0.25, 0.3) is 16.7 Å². The van der Waals surface area contributed by atoms with Crippen LogP contribution in [0, 0.1) is 12.7 Å². The van der Waals surface area contributed by atoms with Crippen molar-refractivity contribution in [2.45, 2.75) is 13.5 Å². The first-order chi connectivity index (χ1) is 12.0. The first-order valence-electron chi connectivity index (χ1n) is 8.18. The van der Waals surface area contributed by atoms with Gasteiger partial charge in [0.05, 0.1) is 11.4 Å². The molecule has 1 aromatic carbocycles. The van der Waals surface area contributed by atoms with Crippen molar-refractivity contribution in [3.8, 4) is 5.69 Å². The van der Waals surface area contributed by atoms with Gasteiger partial charge in [-0.1, -0.05) is 0 Å². The van der Waals surface area contributed by atoms with E-state index in [1.807, 2.05) is 27.1 Å². The van der Waals surface area contributed by atoms with Crippen LogP contribution in [-0.4, -0.2) is 46.8 Å². The van der Waals surface area contributed by atoms with E-state index in [1.54, 1.807) is 16.8 Å². The van der Waals surface area contributed by atoms with E-state index in [2.05, 4.69) is 20.3 Å². The number of halogens is 1. The number of hydrogen-bond donors (Lipinski definition) is 2. The van der Waals surface area contributed by atoms with Gasteiger partial charge >= 0.3 is 0 Å². The van der Waals surface area contributed by atoms with E-state index in [0.29, 0.717) is 23.4 Å². The summed E-state index contributed by atoms with van der Waals surface area (Å²) in [6.07, 6.45) is 0. The van der Waals surface area contributed by atoms with Gasteiger partial charge in [0.1, 0.15) is 11.5 Å². The van der Waals surface area contributed by atoms with Crippen LogP contribution in [0.1, 0.15) is 11.3 Å². The lowest BCUT2D eigenvalue weighted by Crippen LogP contribution is -2.28. The van der Waals surface area contributed by atoms with E-state index >= 15 is 0 Å². The first kappa shape index (κ1) is 17.3. The second-order valence-electron chi connectivity index (χ2n) is 6.34. The van der Waals surface area contributed by atoms with Crippen LogP contribution in [0.5, 0.6) is 0 Å². The summed E-state index contributed by atoms with van der Waals surface area (Å²) in [7, 11) is 4.02. The molecule has 0 bridgehead atoms. The van der Waals surface area contributed by atoms with Gasteiger partial charge in [-0.25, -0.2) is 9.07 Å². The van der Waals surface area contributed by atoms with Gasteiger partial charge < -0.3 is 15.2 Å². The maximum absolute atomic E-state index is 13.1. The third kappa shape index (κ3) is 3.78. The molecule has 2 heterocycles. The fourth-order valence-corrected chi connectivity index (χ4v) is 2.69. The molecule has 3 rings (SSSR count). The molecule has 0 aliphatic rings. The van der Waals surface area contributed by atoms with Gasteiger partial charge in [0, 0.05) is 30.6 Å². The summed E-state index contributed by atoms with van der Waals surface area (Å²) in [4.78, 5) is 17.4. The summed E-state index contributed by atoms with van der Waals surface area (Å²) in [6.45, 7) is 4.10. The molecule has 0 unspecified atom stereocenters. The standard InChI is InChI=1S/C18H22FN5O/c1-12-16-10-13(11-20-8-9-23(2)3)18(25)21-17(16)24(22-12)15-6-4-14(19)5-7-15/h4-7,10,20H,8-9,11H2,1-3H3,(H,21,25). The van der Waals surface area contributed by atoms with Crippen molar-refractivity contribution in [3.63, 3.8) is 0 Å². The monoisotopic (exact) mass is 343 g/mol. The highest BCUT2D eigenvalue weighted by Crippen LogP contribution is 2.20. The maximum Gasteiger partial charge on any atom is 0.254 e. The molecule has 0 aliphatic heterocycles. The summed E-state index contributed by atoms with van der Waals surface area (Å²) in [5, 5.41) is 8.64. The number of nitrogens with zero attached hydrogens (tertiary/aromatic N) is 3. The smallest absolute Gasteiger partial charge is 0.254 e. The molecule has 0 saturated carbocycles. The summed E-state index contributed by atoms with van der Waals surface area (Å²) < 4.78 is 14.8. The molecule has 132 valence electrons. The van der Waals surface area contributed by atoms with E-state index in [0.717, 1.165) is 24.2 Å². The van der Waals surface area contributed by atoms with Crippen LogP contribution in [0.4, 0.5) is 4.39 Å². The fourth-order valence-electron chi connectivity index (χ4n) is 2.69. The first-order valence-corrected chi connectivity index (χ1v) is 8.18. The number of pyridine rings is 1. The summed E-state index contributed by atoms with van der Waals surface area (Å²) in [6, 6.07) is 7.89. The number of fused-ring (bicyclic) bond motifs is 1. The lowest BCUT2D eigenvalue weighted by molar-refractivity contribution is 0.400. The van der Waals surface area contributed by atoms with E-state index in [1.165, 1.54) is 12.1 Å². The average Bonchev–Trinajstić information content (AvgIpc) is 2.88. The summed E-state index contributed by atoms with van der Waals surface area (Å²) in [5.74, 6) is -0.309. The highest BCUT2D eigenvalue weighted by molar-refractivity contribution is 5.80. The molecule has 2 aromatic heterocycles. The Morgan fingerprint density at radius 2 is 2.00 bits per heavy atom. The highest BCUT2D eigenvalue weighted by Gasteiger charge is 2.12. The number of rotatable bonds is 6. The number of aromatic amines is 1. The van der Waals surface area contributed by atoms with Gasteiger partial charge in [0.15, 0.2) is 0 Å². The molecular formula is C18H22FN5O. The van der Waals surface area contributed by atoms with Crippen molar-refractivity contribution < 1.29 is 4.39 Å². The Morgan fingerprint density at radius 1 is 1.28 bits per heavy atom. The number of H-pyrrole nitrogens is 1. The van der Waals surface area contributed by atoms with Gasteiger partial charge in [-0.3, -0.25) is 4.79 Å². The van der Waals surface area contributed by atoms with Crippen molar-refractivity contribution in [1.29, 1.82) is 0 Å². The van der Waals surface area contributed by atoms with Crippen LogP contribution in [0.2, 0.25) is 0 Å². The minimum absolute atomic E-state index is 0.145. The number of likely N-dealkylation sites (N-methyl/N-ethyl adjacent to an activating group) is 1. The van der Waals surface area contributed by atoms with E-state index in [4.69, 9.17) is 0 Å². The maximum atomic E-state index is 13.1. The minimum atomic E-state index is -0.309. The lowest BCUT2D eigenvalue weighted by Gasteiger charge is -2.10. The number of benzene rings is 1. The summed E-state index contributed by atoms with van der Waals surface area (Å²) >= 11 is 0. The van der Waals surface area contributed by atoms with Gasteiger partial charge in [-0.15, -0.1) is 0 Å². The Bertz CT molecular complexity index is 927. The molecule has 7 heteroatoms. The van der Waals surface area contributed by atoms with Gasteiger partial charge in [-0.2, -0.15) is 5.10 Å². The van der Waals surface area contributed by atoms with Crippen molar-refractivity contribution in [2.75, 3.05) is 27.2 Å². The molecular weight excluding hydrogens is 321 g/mol. The van der Waals surface area contributed by atoms with Crippen molar-refractivity contribution >= 4 is 11.0 Å². The number of aromatic nitrogens is 3. The van der Waals surface area contributed by atoms with Crippen LogP contribution in [0.15, 0.2) is 35.1 Å². The van der Waals surface area contributed by atoms with Crippen molar-refractivity contribution in [3.05, 3.63) is 57.8 Å². The zero-order valence-electron chi connectivity index (χ0n) is 14.6. The molecule has 0 fully saturated rings. The second kappa shape index (κ2) is 7.16. The Kier molecular flexibility index (Phi) is 4.96. The third-order valence-electron chi connectivity index (χ3n) is 4.07. The predicted octanol–water partition coefficient (Wildman–Crippen LogP) is 1.81. The summed E-state index contributed by atoms with van der Waals surface area (Å²) in [5.41, 5.74) is 2.66. The molecule has 0 amide bonds. The van der Waals surface area contributed by atoms with Gasteiger partial charge in [0.2, 0.25) is 0 Å². The predicted molar refractivity (Wildman–Crippen MR) is 96.6 cm³/mol. The molecule has 25 heavy (non-hydrogen) atoms. The van der Waals surface area contributed by atoms with E-state index in [9.17, 15) is 9.18 Å². The third-order valence-corrected chi connectivity index (χ3v) is 4.07.